The first kappa shape index (κ1) is 13.4. The highest BCUT2D eigenvalue weighted by Crippen LogP contribution is 2.33. The molecular weight excluding hydrogens is 252 g/mol. The number of carbonyl (C=O) groups excluding carboxylic acids is 1. The number of benzene rings is 1. The lowest BCUT2D eigenvalue weighted by Gasteiger charge is -2.25. The number of amides is 1. The number of carbonyl (C=O) groups is 1. The summed E-state index contributed by atoms with van der Waals surface area (Å²) in [5.41, 5.74) is 1.02. The Hall–Kier alpha value is -1.55. The zero-order chi connectivity index (χ0) is 13.8. The maximum atomic E-state index is 12.3. The maximum Gasteiger partial charge on any atom is 0.227 e. The minimum atomic E-state index is -0.0588. The van der Waals surface area contributed by atoms with Crippen LogP contribution < -0.4 is 15.4 Å². The Kier molecular flexibility index (Phi) is 4.21. The Labute approximate surface area is 119 Å². The fourth-order valence-electron chi connectivity index (χ4n) is 3.11. The number of para-hydroxylation sites is 1. The second-order valence-corrected chi connectivity index (χ2v) is 5.60. The van der Waals surface area contributed by atoms with Gasteiger partial charge in [0.2, 0.25) is 5.91 Å². The van der Waals surface area contributed by atoms with Crippen LogP contribution in [0.4, 0.5) is 0 Å². The van der Waals surface area contributed by atoms with E-state index in [-0.39, 0.29) is 11.8 Å². The molecule has 2 aliphatic rings. The molecule has 1 amide bonds. The lowest BCUT2D eigenvalue weighted by molar-refractivity contribution is -0.123. The summed E-state index contributed by atoms with van der Waals surface area (Å²) in [7, 11) is 0. The quantitative estimate of drug-likeness (QED) is 0.880. The average molecular weight is 274 g/mol. The van der Waals surface area contributed by atoms with Crippen LogP contribution >= 0.6 is 0 Å². The van der Waals surface area contributed by atoms with E-state index in [1.165, 1.54) is 12.8 Å². The summed E-state index contributed by atoms with van der Waals surface area (Å²) in [6.45, 7) is 2.50. The van der Waals surface area contributed by atoms with Crippen molar-refractivity contribution in [3.63, 3.8) is 0 Å². The summed E-state index contributed by atoms with van der Waals surface area (Å²) >= 11 is 0. The summed E-state index contributed by atoms with van der Waals surface area (Å²) in [6, 6.07) is 8.44. The normalized spacial score (nSPS) is 24.8. The fourth-order valence-corrected chi connectivity index (χ4v) is 3.11. The minimum absolute atomic E-state index is 0.0588. The first-order chi connectivity index (χ1) is 9.84. The monoisotopic (exact) mass is 274 g/mol. The molecule has 4 heteroatoms. The lowest BCUT2D eigenvalue weighted by atomic mass is 9.92. The van der Waals surface area contributed by atoms with E-state index in [1.807, 2.05) is 24.3 Å². The second kappa shape index (κ2) is 6.27. The number of hydrogen-bond donors (Lipinski definition) is 2. The number of ether oxygens (including phenoxy) is 1. The molecule has 20 heavy (non-hydrogen) atoms. The Balaban J connectivity index is 1.55. The molecule has 0 saturated carbocycles. The van der Waals surface area contributed by atoms with E-state index in [0.717, 1.165) is 37.2 Å². The van der Waals surface area contributed by atoms with E-state index in [2.05, 4.69) is 10.6 Å². The van der Waals surface area contributed by atoms with Crippen molar-refractivity contribution in [3.05, 3.63) is 29.8 Å². The summed E-state index contributed by atoms with van der Waals surface area (Å²) in [5.74, 6) is 0.937. The topological polar surface area (TPSA) is 50.4 Å². The molecule has 0 radical (unpaired) electrons. The third kappa shape index (κ3) is 2.96. The molecule has 2 N–H and O–H groups in total. The summed E-state index contributed by atoms with van der Waals surface area (Å²) in [5, 5.41) is 6.54. The van der Waals surface area contributed by atoms with Crippen molar-refractivity contribution in [2.45, 2.75) is 37.6 Å². The van der Waals surface area contributed by atoms with E-state index in [9.17, 15) is 4.79 Å². The van der Waals surface area contributed by atoms with Gasteiger partial charge in [0.25, 0.3) is 0 Å². The van der Waals surface area contributed by atoms with Crippen LogP contribution in [0.2, 0.25) is 0 Å². The van der Waals surface area contributed by atoms with Gasteiger partial charge in [-0.05, 0) is 38.3 Å². The SMILES string of the molecule is O=C(NCC[C@H]1CCCN1)C1CCOc2ccccc21. The Bertz CT molecular complexity index is 469. The molecule has 1 fully saturated rings. The van der Waals surface area contributed by atoms with Gasteiger partial charge in [-0.1, -0.05) is 18.2 Å². The van der Waals surface area contributed by atoms with Crippen LogP contribution in [0.5, 0.6) is 5.75 Å². The molecule has 108 valence electrons. The van der Waals surface area contributed by atoms with E-state index in [1.54, 1.807) is 0 Å². The van der Waals surface area contributed by atoms with Crippen LogP contribution in [0.25, 0.3) is 0 Å². The predicted octanol–water partition coefficient (Wildman–Crippen LogP) is 1.81. The van der Waals surface area contributed by atoms with Gasteiger partial charge in [-0.15, -0.1) is 0 Å². The number of fused-ring (bicyclic) bond motifs is 1. The molecule has 1 aromatic carbocycles. The zero-order valence-corrected chi connectivity index (χ0v) is 11.7. The molecule has 2 heterocycles. The van der Waals surface area contributed by atoms with Gasteiger partial charge >= 0.3 is 0 Å². The van der Waals surface area contributed by atoms with Gasteiger partial charge in [0, 0.05) is 18.2 Å². The summed E-state index contributed by atoms with van der Waals surface area (Å²) in [4.78, 5) is 12.3. The second-order valence-electron chi connectivity index (χ2n) is 5.60. The molecule has 0 aromatic heterocycles. The van der Waals surface area contributed by atoms with Crippen LogP contribution in [0.3, 0.4) is 0 Å². The highest BCUT2D eigenvalue weighted by molar-refractivity contribution is 5.84. The van der Waals surface area contributed by atoms with Gasteiger partial charge in [-0.25, -0.2) is 0 Å². The van der Waals surface area contributed by atoms with E-state index in [4.69, 9.17) is 4.74 Å². The van der Waals surface area contributed by atoms with Crippen molar-refractivity contribution in [2.24, 2.45) is 0 Å². The number of rotatable bonds is 4. The Morgan fingerprint density at radius 2 is 2.25 bits per heavy atom. The van der Waals surface area contributed by atoms with Crippen LogP contribution in [0.1, 0.15) is 37.2 Å². The van der Waals surface area contributed by atoms with Crippen molar-refractivity contribution in [1.82, 2.24) is 10.6 Å². The van der Waals surface area contributed by atoms with Crippen molar-refractivity contribution < 1.29 is 9.53 Å². The smallest absolute Gasteiger partial charge is 0.227 e. The van der Waals surface area contributed by atoms with Crippen LogP contribution in [0, 0.1) is 0 Å². The average Bonchev–Trinajstić information content (AvgIpc) is 3.00. The highest BCUT2D eigenvalue weighted by atomic mass is 16.5. The number of nitrogens with one attached hydrogen (secondary N) is 2. The van der Waals surface area contributed by atoms with Crippen LogP contribution in [-0.2, 0) is 4.79 Å². The molecule has 4 nitrogen and oxygen atoms in total. The van der Waals surface area contributed by atoms with Gasteiger partial charge in [0.05, 0.1) is 12.5 Å². The maximum absolute atomic E-state index is 12.3. The first-order valence-corrected chi connectivity index (χ1v) is 7.57. The third-order valence-corrected chi connectivity index (χ3v) is 4.23. The molecule has 2 aliphatic heterocycles. The van der Waals surface area contributed by atoms with Gasteiger partial charge in [0.15, 0.2) is 0 Å². The molecule has 3 rings (SSSR count). The summed E-state index contributed by atoms with van der Waals surface area (Å²) < 4.78 is 5.60. The van der Waals surface area contributed by atoms with Gasteiger partial charge in [-0.3, -0.25) is 4.79 Å². The predicted molar refractivity (Wildman–Crippen MR) is 77.9 cm³/mol. The molecular formula is C16H22N2O2. The largest absolute Gasteiger partial charge is 0.493 e. The van der Waals surface area contributed by atoms with Crippen molar-refractivity contribution in [3.8, 4) is 5.75 Å². The van der Waals surface area contributed by atoms with E-state index in [0.29, 0.717) is 12.6 Å². The van der Waals surface area contributed by atoms with Crippen LogP contribution in [0.15, 0.2) is 24.3 Å². The molecule has 0 bridgehead atoms. The minimum Gasteiger partial charge on any atom is -0.493 e. The molecule has 0 spiro atoms. The Morgan fingerprint density at radius 1 is 1.35 bits per heavy atom. The standard InChI is InChI=1S/C16H22N2O2/c19-16(18-10-7-12-4-3-9-17-12)14-8-11-20-15-6-2-1-5-13(14)15/h1-2,5-6,12,14,17H,3-4,7-11H2,(H,18,19)/t12-,14?/m1/s1. The lowest BCUT2D eigenvalue weighted by Crippen LogP contribution is -2.35. The van der Waals surface area contributed by atoms with Crippen molar-refractivity contribution in [2.75, 3.05) is 19.7 Å². The number of hydrogen-bond acceptors (Lipinski definition) is 3. The first-order valence-electron chi connectivity index (χ1n) is 7.57. The van der Waals surface area contributed by atoms with Gasteiger partial charge in [-0.2, -0.15) is 0 Å². The fraction of sp³-hybridized carbons (Fsp3) is 0.562. The molecule has 1 unspecified atom stereocenters. The van der Waals surface area contributed by atoms with Gasteiger partial charge in [0.1, 0.15) is 5.75 Å². The highest BCUT2D eigenvalue weighted by Gasteiger charge is 2.27. The summed E-state index contributed by atoms with van der Waals surface area (Å²) in [6.07, 6.45) is 4.28. The Morgan fingerprint density at radius 3 is 3.10 bits per heavy atom. The van der Waals surface area contributed by atoms with Gasteiger partial charge < -0.3 is 15.4 Å². The van der Waals surface area contributed by atoms with E-state index < -0.39 is 0 Å². The van der Waals surface area contributed by atoms with E-state index >= 15 is 0 Å². The van der Waals surface area contributed by atoms with Crippen molar-refractivity contribution in [1.29, 1.82) is 0 Å². The molecule has 0 aliphatic carbocycles. The van der Waals surface area contributed by atoms with Crippen LogP contribution in [-0.4, -0.2) is 31.6 Å². The zero-order valence-electron chi connectivity index (χ0n) is 11.7. The van der Waals surface area contributed by atoms with Crippen molar-refractivity contribution >= 4 is 5.91 Å². The molecule has 2 atom stereocenters. The molecule has 1 aromatic rings. The third-order valence-electron chi connectivity index (χ3n) is 4.23. The molecule has 1 saturated heterocycles.